The number of hydrogen-bond acceptors (Lipinski definition) is 2. The smallest absolute Gasteiger partial charge is 0.164 e. The molecule has 98 valence electrons. The van der Waals surface area contributed by atoms with Crippen LogP contribution in [0.5, 0.6) is 5.75 Å². The van der Waals surface area contributed by atoms with E-state index in [4.69, 9.17) is 4.74 Å². The van der Waals surface area contributed by atoms with Crippen molar-refractivity contribution in [3.8, 4) is 11.4 Å². The molecule has 1 aromatic heterocycles. The van der Waals surface area contributed by atoms with Crippen LogP contribution in [0.3, 0.4) is 0 Å². The minimum atomic E-state index is 0.269. The van der Waals surface area contributed by atoms with E-state index in [1.54, 1.807) is 7.11 Å². The highest BCUT2D eigenvalue weighted by Gasteiger charge is 2.23. The molecule has 1 aliphatic carbocycles. The van der Waals surface area contributed by atoms with Gasteiger partial charge in [0.25, 0.3) is 0 Å². The van der Waals surface area contributed by atoms with Crippen LogP contribution in [0, 0.1) is 6.92 Å². The number of methoxy groups -OCH3 is 1. The highest BCUT2D eigenvalue weighted by molar-refractivity contribution is 5.98. The fourth-order valence-corrected chi connectivity index (χ4v) is 2.84. The van der Waals surface area contributed by atoms with Crippen LogP contribution < -0.4 is 4.74 Å². The molecule has 3 heteroatoms. The van der Waals surface area contributed by atoms with Gasteiger partial charge in [0, 0.05) is 35.1 Å². The molecule has 19 heavy (non-hydrogen) atoms. The van der Waals surface area contributed by atoms with Gasteiger partial charge in [-0.15, -0.1) is 0 Å². The van der Waals surface area contributed by atoms with Crippen LogP contribution >= 0.6 is 0 Å². The third-order valence-corrected chi connectivity index (χ3v) is 3.72. The van der Waals surface area contributed by atoms with E-state index in [2.05, 4.69) is 10.6 Å². The zero-order valence-electron chi connectivity index (χ0n) is 11.3. The van der Waals surface area contributed by atoms with Crippen molar-refractivity contribution in [2.45, 2.75) is 26.2 Å². The molecule has 3 nitrogen and oxygen atoms in total. The second-order valence-corrected chi connectivity index (χ2v) is 4.96. The van der Waals surface area contributed by atoms with Gasteiger partial charge in [-0.05, 0) is 38.0 Å². The maximum atomic E-state index is 12.0. The van der Waals surface area contributed by atoms with Crippen LogP contribution in [-0.2, 0) is 6.42 Å². The molecule has 0 aliphatic heterocycles. The second kappa shape index (κ2) is 4.57. The molecule has 0 unspecified atom stereocenters. The largest absolute Gasteiger partial charge is 0.497 e. The van der Waals surface area contributed by atoms with Crippen molar-refractivity contribution in [3.05, 3.63) is 47.3 Å². The predicted octanol–water partition coefficient (Wildman–Crippen LogP) is 3.31. The number of aryl methyl sites for hydroxylation is 1. The van der Waals surface area contributed by atoms with Gasteiger partial charge in [0.05, 0.1) is 7.11 Å². The fourth-order valence-electron chi connectivity index (χ4n) is 2.84. The van der Waals surface area contributed by atoms with Crippen LogP contribution in [0.4, 0.5) is 0 Å². The maximum absolute atomic E-state index is 12.0. The topological polar surface area (TPSA) is 31.2 Å². The highest BCUT2D eigenvalue weighted by atomic mass is 16.5. The SMILES string of the molecule is COc1cccc(-n2c(C)cc3c2CCCC3=O)c1. The number of aromatic nitrogens is 1. The summed E-state index contributed by atoms with van der Waals surface area (Å²) in [6, 6.07) is 9.97. The Balaban J connectivity index is 2.17. The van der Waals surface area contributed by atoms with E-state index < -0.39 is 0 Å². The van der Waals surface area contributed by atoms with E-state index >= 15 is 0 Å². The fraction of sp³-hybridized carbons (Fsp3) is 0.312. The lowest BCUT2D eigenvalue weighted by molar-refractivity contribution is 0.0972. The first-order chi connectivity index (χ1) is 9.20. The van der Waals surface area contributed by atoms with Gasteiger partial charge in [0.2, 0.25) is 0 Å². The van der Waals surface area contributed by atoms with Gasteiger partial charge in [-0.3, -0.25) is 4.79 Å². The van der Waals surface area contributed by atoms with Gasteiger partial charge in [-0.25, -0.2) is 0 Å². The zero-order valence-corrected chi connectivity index (χ0v) is 11.3. The Labute approximate surface area is 112 Å². The number of carbonyl (C=O) groups excluding carboxylic acids is 1. The Kier molecular flexibility index (Phi) is 2.90. The average Bonchev–Trinajstić information content (AvgIpc) is 2.77. The lowest BCUT2D eigenvalue weighted by atomic mass is 9.96. The number of nitrogens with zero attached hydrogens (tertiary/aromatic N) is 1. The number of rotatable bonds is 2. The molecule has 0 spiro atoms. The minimum absolute atomic E-state index is 0.269. The summed E-state index contributed by atoms with van der Waals surface area (Å²) in [5, 5.41) is 0. The van der Waals surface area contributed by atoms with Crippen LogP contribution in [-0.4, -0.2) is 17.5 Å². The van der Waals surface area contributed by atoms with Crippen molar-refractivity contribution in [2.24, 2.45) is 0 Å². The van der Waals surface area contributed by atoms with Crippen LogP contribution in [0.15, 0.2) is 30.3 Å². The van der Waals surface area contributed by atoms with Crippen molar-refractivity contribution in [2.75, 3.05) is 7.11 Å². The lowest BCUT2D eigenvalue weighted by Crippen LogP contribution is -2.12. The molecule has 0 saturated carbocycles. The standard InChI is InChI=1S/C16H17NO2/c1-11-9-14-15(7-4-8-16(14)18)17(11)12-5-3-6-13(10-12)19-2/h3,5-6,9-10H,4,7-8H2,1-2H3. The number of carbonyl (C=O) groups is 1. The summed E-state index contributed by atoms with van der Waals surface area (Å²) in [6.45, 7) is 2.05. The molecule has 1 aromatic carbocycles. The summed E-state index contributed by atoms with van der Waals surface area (Å²) in [5.74, 6) is 1.10. The van der Waals surface area contributed by atoms with E-state index in [1.165, 1.54) is 0 Å². The van der Waals surface area contributed by atoms with E-state index in [0.29, 0.717) is 6.42 Å². The summed E-state index contributed by atoms with van der Waals surface area (Å²) >= 11 is 0. The van der Waals surface area contributed by atoms with Gasteiger partial charge in [-0.1, -0.05) is 6.07 Å². The molecular formula is C16H17NO2. The number of ketones is 1. The monoisotopic (exact) mass is 255 g/mol. The summed E-state index contributed by atoms with van der Waals surface area (Å²) in [6.07, 6.45) is 2.58. The summed E-state index contributed by atoms with van der Waals surface area (Å²) in [4.78, 5) is 12.0. The molecule has 0 N–H and O–H groups in total. The number of benzene rings is 1. The van der Waals surface area contributed by atoms with Crippen molar-refractivity contribution in [1.82, 2.24) is 4.57 Å². The highest BCUT2D eigenvalue weighted by Crippen LogP contribution is 2.29. The summed E-state index contributed by atoms with van der Waals surface area (Å²) in [7, 11) is 1.67. The quantitative estimate of drug-likeness (QED) is 0.824. The Bertz CT molecular complexity index is 640. The van der Waals surface area contributed by atoms with Gasteiger partial charge in [-0.2, -0.15) is 0 Å². The molecule has 1 heterocycles. The number of fused-ring (bicyclic) bond motifs is 1. The maximum Gasteiger partial charge on any atom is 0.164 e. The molecule has 0 amide bonds. The van der Waals surface area contributed by atoms with E-state index in [0.717, 1.165) is 41.2 Å². The first-order valence-electron chi connectivity index (χ1n) is 6.59. The lowest BCUT2D eigenvalue weighted by Gasteiger charge is -2.16. The molecule has 0 saturated heterocycles. The third kappa shape index (κ3) is 1.95. The normalized spacial score (nSPS) is 14.3. The third-order valence-electron chi connectivity index (χ3n) is 3.72. The van der Waals surface area contributed by atoms with Crippen molar-refractivity contribution < 1.29 is 9.53 Å². The minimum Gasteiger partial charge on any atom is -0.497 e. The number of ether oxygens (including phenoxy) is 1. The second-order valence-electron chi connectivity index (χ2n) is 4.96. The number of Topliss-reactive ketones (excluding diaryl/α,β-unsaturated/α-hetero) is 1. The van der Waals surface area contributed by atoms with E-state index in [9.17, 15) is 4.79 Å². The van der Waals surface area contributed by atoms with E-state index in [-0.39, 0.29) is 5.78 Å². The average molecular weight is 255 g/mol. The zero-order chi connectivity index (χ0) is 13.4. The van der Waals surface area contributed by atoms with E-state index in [1.807, 2.05) is 31.2 Å². The van der Waals surface area contributed by atoms with Crippen LogP contribution in [0.25, 0.3) is 5.69 Å². The van der Waals surface area contributed by atoms with Gasteiger partial charge in [0.15, 0.2) is 5.78 Å². The van der Waals surface area contributed by atoms with Gasteiger partial charge in [0.1, 0.15) is 5.75 Å². The first-order valence-corrected chi connectivity index (χ1v) is 6.59. The van der Waals surface area contributed by atoms with Gasteiger partial charge < -0.3 is 9.30 Å². The Morgan fingerprint density at radius 3 is 2.84 bits per heavy atom. The molecule has 3 rings (SSSR count). The van der Waals surface area contributed by atoms with Crippen molar-refractivity contribution >= 4 is 5.78 Å². The summed E-state index contributed by atoms with van der Waals surface area (Å²) < 4.78 is 7.45. The first kappa shape index (κ1) is 12.0. The molecule has 0 radical (unpaired) electrons. The van der Waals surface area contributed by atoms with Crippen molar-refractivity contribution in [1.29, 1.82) is 0 Å². The predicted molar refractivity (Wildman–Crippen MR) is 74.3 cm³/mol. The molecule has 1 aliphatic rings. The molecular weight excluding hydrogens is 238 g/mol. The van der Waals surface area contributed by atoms with Crippen LogP contribution in [0.2, 0.25) is 0 Å². The van der Waals surface area contributed by atoms with Crippen LogP contribution in [0.1, 0.15) is 34.6 Å². The Morgan fingerprint density at radius 2 is 2.05 bits per heavy atom. The molecule has 0 bridgehead atoms. The Hall–Kier alpha value is -2.03. The van der Waals surface area contributed by atoms with Crippen molar-refractivity contribution in [3.63, 3.8) is 0 Å². The number of hydrogen-bond donors (Lipinski definition) is 0. The molecule has 2 aromatic rings. The summed E-state index contributed by atoms with van der Waals surface area (Å²) in [5.41, 5.74) is 4.20. The molecule has 0 atom stereocenters. The molecule has 0 fully saturated rings. The van der Waals surface area contributed by atoms with Gasteiger partial charge >= 0.3 is 0 Å². The Morgan fingerprint density at radius 1 is 1.21 bits per heavy atom.